The molecule has 0 aliphatic carbocycles. The van der Waals surface area contributed by atoms with Gasteiger partial charge in [0, 0.05) is 12.7 Å². The molecule has 1 aromatic heterocycles. The number of carbonyl (C=O) groups excluding carboxylic acids is 1. The molecular formula is C55H87N5O6S. The fourth-order valence-corrected chi connectivity index (χ4v) is 10.7. The van der Waals surface area contributed by atoms with E-state index in [-0.39, 0.29) is 28.5 Å². The number of aliphatic imine (C=N–C) groups is 1. The lowest BCUT2D eigenvalue weighted by molar-refractivity contribution is -0.117. The molecule has 11 nitrogen and oxygen atoms in total. The summed E-state index contributed by atoms with van der Waals surface area (Å²) in [6.45, 7) is 5.13. The molecule has 12 heteroatoms. The summed E-state index contributed by atoms with van der Waals surface area (Å²) in [4.78, 5) is 31.5. The van der Waals surface area contributed by atoms with Crippen LogP contribution in [0.4, 0.5) is 11.4 Å². The molecule has 374 valence electrons. The van der Waals surface area contributed by atoms with Crippen LogP contribution in [0.5, 0.6) is 5.75 Å². The van der Waals surface area contributed by atoms with Crippen LogP contribution < -0.4 is 10.1 Å². The molecule has 67 heavy (non-hydrogen) atoms. The van der Waals surface area contributed by atoms with Crippen molar-refractivity contribution in [3.63, 3.8) is 0 Å². The number of fused-ring (bicyclic) bond motifs is 1. The minimum Gasteiger partial charge on any atom is -0.491 e. The number of carboxylic acids is 1. The number of sulfonamides is 1. The second-order valence-corrected chi connectivity index (χ2v) is 20.7. The maximum atomic E-state index is 14.6. The Hall–Kier alpha value is -4.19. The van der Waals surface area contributed by atoms with Crippen LogP contribution in [-0.4, -0.2) is 58.5 Å². The monoisotopic (exact) mass is 946 g/mol. The number of para-hydroxylation sites is 3. The quantitative estimate of drug-likeness (QED) is 0.0540. The zero-order chi connectivity index (χ0) is 47.8. The summed E-state index contributed by atoms with van der Waals surface area (Å²) in [6.07, 6.45) is 42.2. The number of rotatable bonds is 40. The molecule has 2 heterocycles. The Bertz CT molecular complexity index is 1960. The number of aromatic carboxylic acids is 1. The second-order valence-electron chi connectivity index (χ2n) is 18.9. The number of unbranched alkanes of at least 4 members (excludes halogenated alkanes) is 30. The van der Waals surface area contributed by atoms with Gasteiger partial charge in [-0.15, -0.1) is 0 Å². The van der Waals surface area contributed by atoms with E-state index >= 15 is 0 Å². The molecule has 3 aromatic rings. The molecule has 1 amide bonds. The van der Waals surface area contributed by atoms with Crippen molar-refractivity contribution >= 4 is 39.1 Å². The van der Waals surface area contributed by atoms with Gasteiger partial charge in [-0.05, 0) is 37.1 Å². The highest BCUT2D eigenvalue weighted by molar-refractivity contribution is 7.90. The van der Waals surface area contributed by atoms with Crippen LogP contribution in [0.3, 0.4) is 0 Å². The number of ether oxygens (including phenoxy) is 1. The maximum Gasteiger partial charge on any atom is 0.338 e. The average molecular weight is 946 g/mol. The van der Waals surface area contributed by atoms with Gasteiger partial charge in [-0.1, -0.05) is 231 Å². The van der Waals surface area contributed by atoms with Gasteiger partial charge in [0.25, 0.3) is 15.9 Å². The number of nitrogens with zero attached hydrogens (tertiary/aromatic N) is 4. The summed E-state index contributed by atoms with van der Waals surface area (Å²) in [5, 5.41) is 17.1. The second kappa shape index (κ2) is 33.3. The van der Waals surface area contributed by atoms with E-state index in [0.717, 1.165) is 51.1 Å². The van der Waals surface area contributed by atoms with E-state index in [2.05, 4.69) is 24.3 Å². The highest BCUT2D eigenvalue weighted by Gasteiger charge is 2.41. The van der Waals surface area contributed by atoms with E-state index in [1.807, 2.05) is 6.07 Å². The molecule has 1 unspecified atom stereocenters. The van der Waals surface area contributed by atoms with Crippen LogP contribution in [0.15, 0.2) is 70.8 Å². The zero-order valence-corrected chi connectivity index (χ0v) is 42.4. The van der Waals surface area contributed by atoms with Crippen LogP contribution in [0.2, 0.25) is 0 Å². The van der Waals surface area contributed by atoms with Gasteiger partial charge >= 0.3 is 5.97 Å². The summed E-state index contributed by atoms with van der Waals surface area (Å²) in [5.74, 6) is -1.38. The number of hydrogen-bond acceptors (Lipinski definition) is 7. The number of carbonyl (C=O) groups is 2. The summed E-state index contributed by atoms with van der Waals surface area (Å²) in [6, 6.07) is 12.3. The molecule has 4 rings (SSSR count). The van der Waals surface area contributed by atoms with Crippen LogP contribution >= 0.6 is 0 Å². The van der Waals surface area contributed by atoms with Gasteiger partial charge in [-0.2, -0.15) is 5.10 Å². The Morgan fingerprint density at radius 2 is 1.06 bits per heavy atom. The molecule has 0 bridgehead atoms. The van der Waals surface area contributed by atoms with Crippen molar-refractivity contribution in [1.82, 2.24) is 14.1 Å². The molecule has 0 spiro atoms. The molecule has 0 saturated carbocycles. The van der Waals surface area contributed by atoms with Crippen molar-refractivity contribution in [2.45, 2.75) is 230 Å². The minimum absolute atomic E-state index is 0.0382. The number of aromatic nitrogens is 2. The summed E-state index contributed by atoms with van der Waals surface area (Å²) >= 11 is 0. The Morgan fingerprint density at radius 1 is 0.612 bits per heavy atom. The summed E-state index contributed by atoms with van der Waals surface area (Å²) in [5.41, 5.74) is 0.500. The van der Waals surface area contributed by atoms with E-state index in [4.69, 9.17) is 9.73 Å². The van der Waals surface area contributed by atoms with E-state index in [0.29, 0.717) is 24.5 Å². The molecule has 2 N–H and O–H groups in total. The first-order chi connectivity index (χ1) is 32.8. The van der Waals surface area contributed by atoms with E-state index in [9.17, 15) is 23.1 Å². The lowest BCUT2D eigenvalue weighted by Gasteiger charge is -2.33. The third kappa shape index (κ3) is 20.5. The van der Waals surface area contributed by atoms with E-state index in [1.54, 1.807) is 36.4 Å². The van der Waals surface area contributed by atoms with Crippen molar-refractivity contribution < 1.29 is 27.9 Å². The zero-order valence-electron chi connectivity index (χ0n) is 41.6. The molecule has 0 saturated heterocycles. The third-order valence-corrected chi connectivity index (χ3v) is 15.0. The van der Waals surface area contributed by atoms with Gasteiger partial charge in [-0.25, -0.2) is 18.2 Å². The molecule has 0 fully saturated rings. The number of carboxylic acid groups (broad SMARTS) is 1. The number of hydrogen-bond donors (Lipinski definition) is 2. The van der Waals surface area contributed by atoms with Crippen molar-refractivity contribution in [2.24, 2.45) is 4.99 Å². The Balaban J connectivity index is 1.30. The number of amides is 1. The number of benzene rings is 2. The third-order valence-electron chi connectivity index (χ3n) is 13.1. The van der Waals surface area contributed by atoms with Gasteiger partial charge in [0.2, 0.25) is 0 Å². The number of nitrogens with one attached hydrogen (secondary N) is 1. The maximum absolute atomic E-state index is 14.6. The lowest BCUT2D eigenvalue weighted by atomic mass is 10.0. The Kier molecular flexibility index (Phi) is 27.6. The Labute approximate surface area is 405 Å². The molecule has 1 aliphatic rings. The first-order valence-corrected chi connectivity index (χ1v) is 28.2. The number of amidine groups is 1. The normalized spacial score (nSPS) is 13.6. The molecule has 2 aromatic carbocycles. The molecular weight excluding hydrogens is 859 g/mol. The van der Waals surface area contributed by atoms with Gasteiger partial charge in [0.05, 0.1) is 29.7 Å². The first kappa shape index (κ1) is 55.4. The van der Waals surface area contributed by atoms with Gasteiger partial charge in [-0.3, -0.25) is 13.8 Å². The van der Waals surface area contributed by atoms with Gasteiger partial charge < -0.3 is 15.2 Å². The molecule has 1 atom stereocenters. The summed E-state index contributed by atoms with van der Waals surface area (Å²) in [7, 11) is -4.12. The van der Waals surface area contributed by atoms with Crippen molar-refractivity contribution in [3.05, 3.63) is 66.5 Å². The molecule has 0 radical (unpaired) electrons. The van der Waals surface area contributed by atoms with Crippen LogP contribution in [0.25, 0.3) is 0 Å². The van der Waals surface area contributed by atoms with E-state index in [1.165, 1.54) is 175 Å². The standard InChI is InChI=1S/C55H87N5O6S/c1-3-5-7-9-11-13-15-17-19-21-23-25-27-29-31-37-43-60-53(57-49-40-34-36-42-51(49)67(60,64)65)52(59-46-47(45-56-59)55(62)63)54(61)58-48-39-33-35-41-50(48)66-44-38-32-30-28-26-24-22-20-18-16-14-12-10-8-6-4-2/h33-36,39-42,45-46,52H,3-32,37-38,43-44H2,1-2H3,(H,58,61)(H,62,63). The van der Waals surface area contributed by atoms with Crippen molar-refractivity contribution in [3.8, 4) is 5.75 Å². The van der Waals surface area contributed by atoms with Gasteiger partial charge in [0.15, 0.2) is 11.9 Å². The first-order valence-electron chi connectivity index (χ1n) is 26.8. The van der Waals surface area contributed by atoms with Crippen molar-refractivity contribution in [2.75, 3.05) is 18.5 Å². The van der Waals surface area contributed by atoms with Crippen LogP contribution in [-0.2, 0) is 14.8 Å². The lowest BCUT2D eigenvalue weighted by Crippen LogP contribution is -2.47. The SMILES string of the molecule is CCCCCCCCCCCCCCCCCCOc1ccccc1NC(=O)C(C1=Nc2ccccc2S(=O)(=O)N1CCCCCCCCCCCCCCCCCC)n1cc(C(=O)O)cn1. The molecule has 1 aliphatic heterocycles. The van der Waals surface area contributed by atoms with Gasteiger partial charge in [0.1, 0.15) is 10.6 Å². The smallest absolute Gasteiger partial charge is 0.338 e. The summed E-state index contributed by atoms with van der Waals surface area (Å²) < 4.78 is 37.4. The fourth-order valence-electron chi connectivity index (χ4n) is 9.10. The van der Waals surface area contributed by atoms with Crippen LogP contribution in [0, 0.1) is 0 Å². The fraction of sp³-hybridized carbons (Fsp3) is 0.673. The van der Waals surface area contributed by atoms with Crippen molar-refractivity contribution in [1.29, 1.82) is 0 Å². The average Bonchev–Trinajstić information content (AvgIpc) is 3.81. The minimum atomic E-state index is -4.12. The predicted molar refractivity (Wildman–Crippen MR) is 275 cm³/mol. The number of anilines is 1. The highest BCUT2D eigenvalue weighted by atomic mass is 32.2. The highest BCUT2D eigenvalue weighted by Crippen LogP contribution is 2.36. The topological polar surface area (TPSA) is 143 Å². The Morgan fingerprint density at radius 3 is 1.55 bits per heavy atom. The van der Waals surface area contributed by atoms with Crippen LogP contribution in [0.1, 0.15) is 236 Å². The largest absolute Gasteiger partial charge is 0.491 e. The van der Waals surface area contributed by atoms with E-state index < -0.39 is 27.9 Å². The predicted octanol–water partition coefficient (Wildman–Crippen LogP) is 15.4.